The standard InChI is InChI=1S/C26H24N2O4/c1-31-17-9-7-16(24(15-17)32-2)8-11-22-18-10-12-23(19(18)13-14-27-22)28-25(29)20-5-3-4-6-21(20)26(28)30/h3-7,9,13-15,23H,8,10-12H2,1-2H3. The number of aromatic nitrogens is 1. The third kappa shape index (κ3) is 3.23. The van der Waals surface area contributed by atoms with E-state index in [2.05, 4.69) is 4.98 Å². The molecule has 2 aromatic carbocycles. The molecule has 2 heterocycles. The molecule has 162 valence electrons. The summed E-state index contributed by atoms with van der Waals surface area (Å²) in [5.74, 6) is 1.14. The molecule has 0 saturated carbocycles. The van der Waals surface area contributed by atoms with Crippen LogP contribution in [-0.4, -0.2) is 35.9 Å². The van der Waals surface area contributed by atoms with Gasteiger partial charge in [-0.3, -0.25) is 19.5 Å². The molecule has 1 aromatic heterocycles. The molecule has 1 atom stereocenters. The van der Waals surface area contributed by atoms with Crippen molar-refractivity contribution >= 4 is 11.8 Å². The predicted molar refractivity (Wildman–Crippen MR) is 119 cm³/mol. The second-order valence-electron chi connectivity index (χ2n) is 8.08. The number of methoxy groups -OCH3 is 2. The van der Waals surface area contributed by atoms with Crippen molar-refractivity contribution in [3.05, 3.63) is 88.2 Å². The third-order valence-electron chi connectivity index (χ3n) is 6.47. The number of imide groups is 1. The Balaban J connectivity index is 1.40. The molecule has 2 amide bonds. The summed E-state index contributed by atoms with van der Waals surface area (Å²) in [6.07, 6.45) is 4.84. The lowest BCUT2D eigenvalue weighted by Gasteiger charge is -2.23. The average molecular weight is 428 g/mol. The first-order chi connectivity index (χ1) is 15.6. The van der Waals surface area contributed by atoms with E-state index in [-0.39, 0.29) is 17.9 Å². The van der Waals surface area contributed by atoms with E-state index in [1.54, 1.807) is 44.7 Å². The fraction of sp³-hybridized carbons (Fsp3) is 0.269. The summed E-state index contributed by atoms with van der Waals surface area (Å²) in [5, 5.41) is 0. The van der Waals surface area contributed by atoms with Crippen molar-refractivity contribution in [2.24, 2.45) is 0 Å². The monoisotopic (exact) mass is 428 g/mol. The molecule has 0 fully saturated rings. The van der Waals surface area contributed by atoms with E-state index in [0.717, 1.165) is 59.6 Å². The number of hydrogen-bond donors (Lipinski definition) is 0. The summed E-state index contributed by atoms with van der Waals surface area (Å²) in [6.45, 7) is 0. The van der Waals surface area contributed by atoms with Crippen LogP contribution in [0.25, 0.3) is 0 Å². The van der Waals surface area contributed by atoms with Gasteiger partial charge in [0.2, 0.25) is 0 Å². The van der Waals surface area contributed by atoms with Gasteiger partial charge in [-0.15, -0.1) is 0 Å². The van der Waals surface area contributed by atoms with Gasteiger partial charge in [0.1, 0.15) is 11.5 Å². The maximum atomic E-state index is 13.0. The second kappa shape index (κ2) is 8.11. The highest BCUT2D eigenvalue weighted by molar-refractivity contribution is 6.21. The number of hydrogen-bond acceptors (Lipinski definition) is 5. The minimum atomic E-state index is -0.241. The van der Waals surface area contributed by atoms with E-state index in [1.165, 1.54) is 4.90 Å². The SMILES string of the molecule is COc1ccc(CCc2nccc3c2CCC3N2C(=O)c3ccccc3C2=O)c(OC)c1. The Morgan fingerprint density at radius 2 is 1.72 bits per heavy atom. The number of benzene rings is 2. The summed E-state index contributed by atoms with van der Waals surface area (Å²) in [5.41, 5.74) is 5.27. The topological polar surface area (TPSA) is 68.7 Å². The normalized spacial score (nSPS) is 16.8. The summed E-state index contributed by atoms with van der Waals surface area (Å²) in [7, 11) is 3.29. The molecule has 1 unspecified atom stereocenters. The zero-order valence-electron chi connectivity index (χ0n) is 18.1. The van der Waals surface area contributed by atoms with Crippen LogP contribution < -0.4 is 9.47 Å². The van der Waals surface area contributed by atoms with Crippen molar-refractivity contribution in [3.63, 3.8) is 0 Å². The van der Waals surface area contributed by atoms with Gasteiger partial charge in [0, 0.05) is 18.0 Å². The lowest BCUT2D eigenvalue weighted by molar-refractivity contribution is 0.0582. The minimum absolute atomic E-state index is 0.204. The second-order valence-corrected chi connectivity index (χ2v) is 8.08. The van der Waals surface area contributed by atoms with Crippen LogP contribution in [0.15, 0.2) is 54.7 Å². The molecule has 1 aliphatic heterocycles. The first-order valence-corrected chi connectivity index (χ1v) is 10.8. The maximum Gasteiger partial charge on any atom is 0.262 e. The van der Waals surface area contributed by atoms with Crippen LogP contribution in [0.1, 0.15) is 55.6 Å². The molecule has 0 spiro atoms. The number of aryl methyl sites for hydroxylation is 2. The Morgan fingerprint density at radius 3 is 2.41 bits per heavy atom. The van der Waals surface area contributed by atoms with Crippen LogP contribution in [0, 0.1) is 0 Å². The highest BCUT2D eigenvalue weighted by Gasteiger charge is 2.42. The Kier molecular flexibility index (Phi) is 5.13. The first kappa shape index (κ1) is 20.2. The lowest BCUT2D eigenvalue weighted by atomic mass is 10.0. The molecular formula is C26H24N2O4. The van der Waals surface area contributed by atoms with Gasteiger partial charge in [-0.2, -0.15) is 0 Å². The number of nitrogens with zero attached hydrogens (tertiary/aromatic N) is 2. The molecule has 6 heteroatoms. The molecular weight excluding hydrogens is 404 g/mol. The zero-order chi connectivity index (χ0) is 22.2. The van der Waals surface area contributed by atoms with Gasteiger partial charge in [-0.25, -0.2) is 0 Å². The lowest BCUT2D eigenvalue weighted by Crippen LogP contribution is -2.33. The van der Waals surface area contributed by atoms with Gasteiger partial charge >= 0.3 is 0 Å². The van der Waals surface area contributed by atoms with Crippen LogP contribution in [0.5, 0.6) is 11.5 Å². The number of fused-ring (bicyclic) bond motifs is 2. The quantitative estimate of drug-likeness (QED) is 0.552. The summed E-state index contributed by atoms with van der Waals surface area (Å²) in [4.78, 5) is 32.1. The van der Waals surface area contributed by atoms with Crippen molar-refractivity contribution < 1.29 is 19.1 Å². The fourth-order valence-electron chi connectivity index (χ4n) is 4.88. The molecule has 0 radical (unpaired) electrons. The van der Waals surface area contributed by atoms with Crippen LogP contribution in [0.4, 0.5) is 0 Å². The molecule has 0 N–H and O–H groups in total. The molecule has 3 aromatic rings. The number of rotatable bonds is 6. The number of carbonyl (C=O) groups is 2. The van der Waals surface area contributed by atoms with Crippen LogP contribution in [0.3, 0.4) is 0 Å². The highest BCUT2D eigenvalue weighted by Crippen LogP contribution is 2.41. The number of carbonyl (C=O) groups excluding carboxylic acids is 2. The molecule has 0 saturated heterocycles. The Morgan fingerprint density at radius 1 is 0.969 bits per heavy atom. The Hall–Kier alpha value is -3.67. The molecule has 32 heavy (non-hydrogen) atoms. The summed E-state index contributed by atoms with van der Waals surface area (Å²) in [6, 6.07) is 14.6. The van der Waals surface area contributed by atoms with Gasteiger partial charge in [-0.1, -0.05) is 18.2 Å². The smallest absolute Gasteiger partial charge is 0.262 e. The fourth-order valence-corrected chi connectivity index (χ4v) is 4.88. The number of pyridine rings is 1. The summed E-state index contributed by atoms with van der Waals surface area (Å²) < 4.78 is 10.8. The predicted octanol–water partition coefficient (Wildman–Crippen LogP) is 4.17. The van der Waals surface area contributed by atoms with E-state index in [1.807, 2.05) is 24.3 Å². The van der Waals surface area contributed by atoms with Gasteiger partial charge in [0.25, 0.3) is 11.8 Å². The van der Waals surface area contributed by atoms with Crippen LogP contribution >= 0.6 is 0 Å². The molecule has 6 nitrogen and oxygen atoms in total. The maximum absolute atomic E-state index is 13.0. The van der Waals surface area contributed by atoms with Crippen molar-refractivity contribution in [1.82, 2.24) is 9.88 Å². The zero-order valence-corrected chi connectivity index (χ0v) is 18.1. The van der Waals surface area contributed by atoms with Gasteiger partial charge in [0.15, 0.2) is 0 Å². The molecule has 2 aliphatic rings. The average Bonchev–Trinajstić information content (AvgIpc) is 3.36. The van der Waals surface area contributed by atoms with Gasteiger partial charge in [-0.05, 0) is 66.6 Å². The van der Waals surface area contributed by atoms with E-state index < -0.39 is 0 Å². The van der Waals surface area contributed by atoms with Crippen molar-refractivity contribution in [2.45, 2.75) is 31.7 Å². The third-order valence-corrected chi connectivity index (χ3v) is 6.47. The van der Waals surface area contributed by atoms with Crippen LogP contribution in [0.2, 0.25) is 0 Å². The van der Waals surface area contributed by atoms with Crippen LogP contribution in [-0.2, 0) is 19.3 Å². The van der Waals surface area contributed by atoms with Crippen molar-refractivity contribution in [1.29, 1.82) is 0 Å². The van der Waals surface area contributed by atoms with Gasteiger partial charge in [0.05, 0.1) is 31.4 Å². The van der Waals surface area contributed by atoms with E-state index in [4.69, 9.17) is 9.47 Å². The molecule has 1 aliphatic carbocycles. The van der Waals surface area contributed by atoms with Gasteiger partial charge < -0.3 is 9.47 Å². The van der Waals surface area contributed by atoms with E-state index in [0.29, 0.717) is 11.1 Å². The molecule has 0 bridgehead atoms. The Labute approximate surface area is 186 Å². The van der Waals surface area contributed by atoms with E-state index >= 15 is 0 Å². The van der Waals surface area contributed by atoms with Crippen molar-refractivity contribution in [2.75, 3.05) is 14.2 Å². The van der Waals surface area contributed by atoms with Crippen molar-refractivity contribution in [3.8, 4) is 11.5 Å². The number of ether oxygens (including phenoxy) is 2. The number of amides is 2. The minimum Gasteiger partial charge on any atom is -0.497 e. The summed E-state index contributed by atoms with van der Waals surface area (Å²) >= 11 is 0. The first-order valence-electron chi connectivity index (χ1n) is 10.8. The Bertz CT molecular complexity index is 1190. The highest BCUT2D eigenvalue weighted by atomic mass is 16.5. The largest absolute Gasteiger partial charge is 0.497 e. The molecule has 5 rings (SSSR count). The van der Waals surface area contributed by atoms with E-state index in [9.17, 15) is 9.59 Å².